The lowest BCUT2D eigenvalue weighted by atomic mass is 9.89. The molecule has 4 nitrogen and oxygen atoms in total. The van der Waals surface area contributed by atoms with Crippen molar-refractivity contribution in [3.05, 3.63) is 69.7 Å². The maximum Gasteiger partial charge on any atom is 0.252 e. The van der Waals surface area contributed by atoms with Gasteiger partial charge >= 0.3 is 0 Å². The summed E-state index contributed by atoms with van der Waals surface area (Å²) < 4.78 is 0. The molecule has 2 aromatic carbocycles. The minimum Gasteiger partial charge on any atom is -0.351 e. The predicted molar refractivity (Wildman–Crippen MR) is 108 cm³/mol. The Kier molecular flexibility index (Phi) is 6.51. The molecule has 1 aliphatic rings. The third-order valence-corrected chi connectivity index (χ3v) is 5.34. The normalized spacial score (nSPS) is 14.1. The Labute approximate surface area is 165 Å². The molecule has 0 radical (unpaired) electrons. The Morgan fingerprint density at radius 3 is 2.59 bits per heavy atom. The van der Waals surface area contributed by atoms with Crippen LogP contribution in [0.3, 0.4) is 0 Å². The zero-order valence-electron chi connectivity index (χ0n) is 15.6. The highest BCUT2D eigenvalue weighted by Gasteiger charge is 2.15. The van der Waals surface area contributed by atoms with Gasteiger partial charge in [-0.3, -0.25) is 9.59 Å². The number of aryl methyl sites for hydroxylation is 2. The van der Waals surface area contributed by atoms with Crippen LogP contribution in [-0.4, -0.2) is 18.4 Å². The van der Waals surface area contributed by atoms with Gasteiger partial charge in [-0.1, -0.05) is 41.9 Å². The van der Waals surface area contributed by atoms with Crippen molar-refractivity contribution in [1.82, 2.24) is 10.6 Å². The quantitative estimate of drug-likeness (QED) is 0.783. The summed E-state index contributed by atoms with van der Waals surface area (Å²) in [6.45, 7) is 2.26. The number of amides is 2. The number of carbonyl (C=O) groups excluding carboxylic acids is 2. The first-order valence-corrected chi connectivity index (χ1v) is 9.86. The van der Waals surface area contributed by atoms with Crippen molar-refractivity contribution in [3.63, 3.8) is 0 Å². The van der Waals surface area contributed by atoms with Crippen molar-refractivity contribution < 1.29 is 9.59 Å². The molecule has 2 amide bonds. The molecule has 1 atom stereocenters. The van der Waals surface area contributed by atoms with Crippen LogP contribution in [0.25, 0.3) is 0 Å². The highest BCUT2D eigenvalue weighted by molar-refractivity contribution is 6.33. The first kappa shape index (κ1) is 19.4. The summed E-state index contributed by atoms with van der Waals surface area (Å²) in [5.74, 6) is -0.351. The summed E-state index contributed by atoms with van der Waals surface area (Å²) in [4.78, 5) is 24.3. The summed E-state index contributed by atoms with van der Waals surface area (Å²) >= 11 is 6.01. The van der Waals surface area contributed by atoms with Gasteiger partial charge in [-0.2, -0.15) is 0 Å². The molecule has 0 saturated heterocycles. The Morgan fingerprint density at radius 2 is 1.81 bits per heavy atom. The van der Waals surface area contributed by atoms with Gasteiger partial charge < -0.3 is 10.6 Å². The van der Waals surface area contributed by atoms with Gasteiger partial charge in [0.05, 0.1) is 16.6 Å². The minimum absolute atomic E-state index is 0.0519. The number of hydrogen-bond donors (Lipinski definition) is 2. The number of halogens is 1. The molecular weight excluding hydrogens is 360 g/mol. The van der Waals surface area contributed by atoms with Gasteiger partial charge in [0, 0.05) is 13.0 Å². The molecule has 5 heteroatoms. The van der Waals surface area contributed by atoms with Gasteiger partial charge in [-0.05, 0) is 61.4 Å². The number of nitrogens with one attached hydrogen (secondary N) is 2. The van der Waals surface area contributed by atoms with Crippen molar-refractivity contribution in [2.45, 2.75) is 45.1 Å². The van der Waals surface area contributed by atoms with E-state index in [1.807, 2.05) is 6.92 Å². The lowest BCUT2D eigenvalue weighted by Gasteiger charge is -2.20. The molecular formula is C22H25ClN2O2. The molecule has 3 rings (SSSR count). The Morgan fingerprint density at radius 1 is 1.07 bits per heavy atom. The van der Waals surface area contributed by atoms with Crippen LogP contribution in [0.4, 0.5) is 0 Å². The smallest absolute Gasteiger partial charge is 0.252 e. The SMILES string of the molecule is C[C@@H](NC(=O)CCNC(=O)c1ccccc1Cl)c1ccc2c(c1)CCCC2. The topological polar surface area (TPSA) is 58.2 Å². The van der Waals surface area contributed by atoms with E-state index in [2.05, 4.69) is 28.8 Å². The maximum atomic E-state index is 12.2. The maximum absolute atomic E-state index is 12.2. The van der Waals surface area contributed by atoms with Crippen molar-refractivity contribution in [1.29, 1.82) is 0 Å². The van der Waals surface area contributed by atoms with E-state index < -0.39 is 0 Å². The Bertz CT molecular complexity index is 835. The van der Waals surface area contributed by atoms with Crippen LogP contribution in [0.5, 0.6) is 0 Å². The Hall–Kier alpha value is -2.33. The van der Waals surface area contributed by atoms with Crippen LogP contribution in [0.2, 0.25) is 5.02 Å². The van der Waals surface area contributed by atoms with Crippen molar-refractivity contribution >= 4 is 23.4 Å². The molecule has 0 spiro atoms. The fourth-order valence-electron chi connectivity index (χ4n) is 3.45. The summed E-state index contributed by atoms with van der Waals surface area (Å²) in [6, 6.07) is 13.3. The lowest BCUT2D eigenvalue weighted by Crippen LogP contribution is -2.32. The van der Waals surface area contributed by atoms with Gasteiger partial charge in [0.1, 0.15) is 0 Å². The van der Waals surface area contributed by atoms with Crippen LogP contribution in [0, 0.1) is 0 Å². The number of benzene rings is 2. The molecule has 27 heavy (non-hydrogen) atoms. The fourth-order valence-corrected chi connectivity index (χ4v) is 3.67. The first-order valence-electron chi connectivity index (χ1n) is 9.48. The van der Waals surface area contributed by atoms with Crippen molar-refractivity contribution in [2.75, 3.05) is 6.54 Å². The van der Waals surface area contributed by atoms with Gasteiger partial charge in [0.25, 0.3) is 5.91 Å². The molecule has 0 aliphatic heterocycles. The van der Waals surface area contributed by atoms with Crippen LogP contribution >= 0.6 is 11.6 Å². The van der Waals surface area contributed by atoms with Crippen molar-refractivity contribution in [2.24, 2.45) is 0 Å². The first-order chi connectivity index (χ1) is 13.0. The van der Waals surface area contributed by atoms with E-state index >= 15 is 0 Å². The van der Waals surface area contributed by atoms with E-state index in [0.29, 0.717) is 10.6 Å². The van der Waals surface area contributed by atoms with Crippen LogP contribution in [-0.2, 0) is 17.6 Å². The molecule has 0 aromatic heterocycles. The van der Waals surface area contributed by atoms with E-state index in [-0.39, 0.29) is 30.8 Å². The number of hydrogen-bond acceptors (Lipinski definition) is 2. The third-order valence-electron chi connectivity index (χ3n) is 5.01. The molecule has 0 heterocycles. The van der Waals surface area contributed by atoms with Crippen LogP contribution in [0.15, 0.2) is 42.5 Å². The fraction of sp³-hybridized carbons (Fsp3) is 0.364. The summed E-state index contributed by atoms with van der Waals surface area (Å²) in [7, 11) is 0. The molecule has 1 aliphatic carbocycles. The second-order valence-corrected chi connectivity index (χ2v) is 7.42. The van der Waals surface area contributed by atoms with E-state index in [9.17, 15) is 9.59 Å². The summed E-state index contributed by atoms with van der Waals surface area (Å²) in [6.07, 6.45) is 5.01. The lowest BCUT2D eigenvalue weighted by molar-refractivity contribution is -0.121. The van der Waals surface area contributed by atoms with E-state index in [0.717, 1.165) is 18.4 Å². The second kappa shape index (κ2) is 9.05. The largest absolute Gasteiger partial charge is 0.351 e. The molecule has 0 fully saturated rings. The predicted octanol–water partition coefficient (Wildman–Crippen LogP) is 4.22. The van der Waals surface area contributed by atoms with Gasteiger partial charge in [-0.15, -0.1) is 0 Å². The number of fused-ring (bicyclic) bond motifs is 1. The van der Waals surface area contributed by atoms with Gasteiger partial charge in [0.2, 0.25) is 5.91 Å². The molecule has 0 unspecified atom stereocenters. The number of rotatable bonds is 6. The van der Waals surface area contributed by atoms with Crippen LogP contribution in [0.1, 0.15) is 59.3 Å². The Balaban J connectivity index is 1.48. The minimum atomic E-state index is -0.267. The molecule has 0 saturated carbocycles. The zero-order valence-corrected chi connectivity index (χ0v) is 16.3. The van der Waals surface area contributed by atoms with E-state index in [4.69, 9.17) is 11.6 Å². The molecule has 0 bridgehead atoms. The van der Waals surface area contributed by atoms with Crippen molar-refractivity contribution in [3.8, 4) is 0 Å². The molecule has 2 N–H and O–H groups in total. The third kappa shape index (κ3) is 5.10. The summed E-state index contributed by atoms with van der Waals surface area (Å²) in [5, 5.41) is 6.16. The molecule has 2 aromatic rings. The monoisotopic (exact) mass is 384 g/mol. The van der Waals surface area contributed by atoms with Crippen LogP contribution < -0.4 is 10.6 Å². The standard InChI is InChI=1S/C22H25ClN2O2/c1-15(17-11-10-16-6-2-3-7-18(16)14-17)25-21(26)12-13-24-22(27)19-8-4-5-9-20(19)23/h4-5,8-11,14-15H,2-3,6-7,12-13H2,1H3,(H,24,27)(H,25,26)/t15-/m1/s1. The average Bonchev–Trinajstić information content (AvgIpc) is 2.67. The highest BCUT2D eigenvalue weighted by Crippen LogP contribution is 2.24. The van der Waals surface area contributed by atoms with E-state index in [1.165, 1.54) is 24.0 Å². The second-order valence-electron chi connectivity index (χ2n) is 7.01. The van der Waals surface area contributed by atoms with E-state index in [1.54, 1.807) is 24.3 Å². The number of carbonyl (C=O) groups is 2. The average molecular weight is 385 g/mol. The molecule has 142 valence electrons. The zero-order chi connectivity index (χ0) is 19.2. The van der Waals surface area contributed by atoms with Gasteiger partial charge in [-0.25, -0.2) is 0 Å². The summed E-state index contributed by atoms with van der Waals surface area (Å²) in [5.41, 5.74) is 4.39. The van der Waals surface area contributed by atoms with Gasteiger partial charge in [0.15, 0.2) is 0 Å². The highest BCUT2D eigenvalue weighted by atomic mass is 35.5.